The Morgan fingerprint density at radius 2 is 0.767 bits per heavy atom. The second-order valence-corrected chi connectivity index (χ2v) is 15.5. The van der Waals surface area contributed by atoms with Crippen LogP contribution in [0.2, 0.25) is 0 Å². The third kappa shape index (κ3) is 6.33. The van der Waals surface area contributed by atoms with E-state index in [9.17, 15) is 0 Å². The first kappa shape index (κ1) is 25.4. The fraction of sp³-hybridized carbons (Fsp3) is 0.0400. The molecule has 4 aromatic rings. The molecule has 0 spiro atoms. The molecular weight excluding hydrogens is 608 g/mol. The molecule has 154 valence electrons. The summed E-state index contributed by atoms with van der Waals surface area (Å²) in [5, 5.41) is 4.57. The van der Waals surface area contributed by atoms with Gasteiger partial charge in [0.15, 0.2) is 0 Å². The molecule has 0 aliphatic carbocycles. The zero-order valence-corrected chi connectivity index (χ0v) is 22.5. The molecule has 4 rings (SSSR count). The number of hydrogen-bond acceptors (Lipinski definition) is 0. The summed E-state index contributed by atoms with van der Waals surface area (Å²) in [5.41, 5.74) is 0. The Morgan fingerprint density at radius 3 is 1.07 bits per heavy atom. The molecule has 0 unspecified atom stereocenters. The van der Waals surface area contributed by atoms with Crippen LogP contribution in [0, 0.1) is 0 Å². The van der Waals surface area contributed by atoms with Crippen LogP contribution in [0.25, 0.3) is 0 Å². The third-order valence-corrected chi connectivity index (χ3v) is 15.5. The SMILES string of the molecule is ClCCl.[I-].c1ccc([Se][P+](c2ccccc2)(c2ccccc2)c2ccccc2)cc1. The van der Waals surface area contributed by atoms with Crippen molar-refractivity contribution in [3.63, 3.8) is 0 Å². The summed E-state index contributed by atoms with van der Waals surface area (Å²) in [5.74, 6) is -1.71. The molecule has 0 aliphatic rings. The van der Waals surface area contributed by atoms with Crippen molar-refractivity contribution >= 4 is 64.0 Å². The molecule has 0 N–H and O–H groups in total. The minimum absolute atomic E-state index is 0. The Bertz CT molecular complexity index is 874. The van der Waals surface area contributed by atoms with Crippen molar-refractivity contribution in [3.05, 3.63) is 121 Å². The van der Waals surface area contributed by atoms with Gasteiger partial charge in [0.2, 0.25) is 0 Å². The average Bonchev–Trinajstić information content (AvgIpc) is 2.80. The zero-order chi connectivity index (χ0) is 20.4. The maximum atomic E-state index is 4.76. The summed E-state index contributed by atoms with van der Waals surface area (Å²) in [6.07, 6.45) is 0. The van der Waals surface area contributed by atoms with E-state index in [1.807, 2.05) is 0 Å². The van der Waals surface area contributed by atoms with Crippen LogP contribution in [-0.2, 0) is 0 Å². The molecule has 5 heteroatoms. The van der Waals surface area contributed by atoms with Gasteiger partial charge in [-0.1, -0.05) is 0 Å². The van der Waals surface area contributed by atoms with E-state index in [1.165, 1.54) is 20.4 Å². The molecule has 30 heavy (non-hydrogen) atoms. The molecule has 0 heterocycles. The van der Waals surface area contributed by atoms with Crippen LogP contribution in [-0.4, -0.2) is 19.9 Å². The number of benzene rings is 4. The number of halogens is 3. The third-order valence-electron chi connectivity index (χ3n) is 4.34. The summed E-state index contributed by atoms with van der Waals surface area (Å²) in [4.78, 5) is 0. The molecular formula is C25H22Cl2IPSe. The average molecular weight is 630 g/mol. The van der Waals surface area contributed by atoms with Crippen molar-refractivity contribution < 1.29 is 24.0 Å². The van der Waals surface area contributed by atoms with Gasteiger partial charge in [0.25, 0.3) is 0 Å². The molecule has 0 aromatic heterocycles. The molecule has 0 saturated carbocycles. The van der Waals surface area contributed by atoms with Gasteiger partial charge in [-0.05, 0) is 0 Å². The van der Waals surface area contributed by atoms with E-state index in [0.29, 0.717) is 14.5 Å². The van der Waals surface area contributed by atoms with Crippen molar-refractivity contribution in [1.82, 2.24) is 0 Å². The van der Waals surface area contributed by atoms with Gasteiger partial charge in [0, 0.05) is 0 Å². The first-order valence-corrected chi connectivity index (χ1v) is 15.2. The van der Waals surface area contributed by atoms with E-state index < -0.39 is 5.95 Å². The first-order chi connectivity index (χ1) is 14.3. The summed E-state index contributed by atoms with van der Waals surface area (Å²) in [6.45, 7) is 0. The summed E-state index contributed by atoms with van der Waals surface area (Å²) in [7, 11) is 0. The Balaban J connectivity index is 0.000000757. The quantitative estimate of drug-likeness (QED) is 0.138. The maximum absolute atomic E-state index is 4.76. The van der Waals surface area contributed by atoms with Gasteiger partial charge in [-0.25, -0.2) is 0 Å². The van der Waals surface area contributed by atoms with Crippen molar-refractivity contribution in [2.75, 3.05) is 5.34 Å². The van der Waals surface area contributed by atoms with E-state index in [2.05, 4.69) is 121 Å². The van der Waals surface area contributed by atoms with Crippen LogP contribution in [0.1, 0.15) is 0 Å². The van der Waals surface area contributed by atoms with Crippen molar-refractivity contribution in [1.29, 1.82) is 0 Å². The molecule has 0 aliphatic heterocycles. The second-order valence-electron chi connectivity index (χ2n) is 6.12. The molecule has 0 saturated heterocycles. The first-order valence-electron chi connectivity index (χ1n) is 9.23. The van der Waals surface area contributed by atoms with Crippen LogP contribution >= 0.6 is 29.2 Å². The van der Waals surface area contributed by atoms with Crippen LogP contribution in [0.5, 0.6) is 0 Å². The van der Waals surface area contributed by atoms with Crippen LogP contribution in [0.15, 0.2) is 121 Å². The predicted octanol–water partition coefficient (Wildman–Crippen LogP) is 2.35. The van der Waals surface area contributed by atoms with Gasteiger partial charge < -0.3 is 24.0 Å². The standard InChI is InChI=1S/C24H20PSe.CH2Cl2.HI/c1-5-13-21(14-6-1)25(22-15-7-2-8-16-22,23-17-9-3-10-18-23)26-24-19-11-4-12-20-24;2-1-3;/h1-20H;1H2;1H/q+1;;/p-1. The van der Waals surface area contributed by atoms with Gasteiger partial charge in [-0.15, -0.1) is 23.2 Å². The molecule has 0 radical (unpaired) electrons. The molecule has 0 bridgehead atoms. The van der Waals surface area contributed by atoms with E-state index >= 15 is 0 Å². The van der Waals surface area contributed by atoms with Crippen molar-refractivity contribution in [3.8, 4) is 0 Å². The van der Waals surface area contributed by atoms with E-state index in [1.54, 1.807) is 0 Å². The fourth-order valence-corrected chi connectivity index (χ4v) is 14.0. The minimum atomic E-state index is -1.71. The normalized spacial score (nSPS) is 10.3. The molecule has 4 aromatic carbocycles. The Morgan fingerprint density at radius 1 is 0.500 bits per heavy atom. The number of hydrogen-bond donors (Lipinski definition) is 0. The molecule has 0 amide bonds. The molecule has 0 fully saturated rings. The van der Waals surface area contributed by atoms with Crippen LogP contribution in [0.4, 0.5) is 0 Å². The Labute approximate surface area is 213 Å². The predicted molar refractivity (Wildman–Crippen MR) is 134 cm³/mol. The van der Waals surface area contributed by atoms with Crippen molar-refractivity contribution in [2.45, 2.75) is 0 Å². The van der Waals surface area contributed by atoms with Gasteiger partial charge in [0.05, 0.1) is 5.34 Å². The van der Waals surface area contributed by atoms with Crippen LogP contribution in [0.3, 0.4) is 0 Å². The second kappa shape index (κ2) is 13.5. The van der Waals surface area contributed by atoms with Crippen LogP contribution < -0.4 is 44.4 Å². The van der Waals surface area contributed by atoms with Gasteiger partial charge in [-0.2, -0.15) is 0 Å². The van der Waals surface area contributed by atoms with E-state index in [-0.39, 0.29) is 29.3 Å². The summed E-state index contributed by atoms with van der Waals surface area (Å²) < 4.78 is 1.45. The molecule has 0 nitrogen and oxygen atoms in total. The monoisotopic (exact) mass is 630 g/mol. The van der Waals surface area contributed by atoms with Crippen molar-refractivity contribution in [2.24, 2.45) is 0 Å². The fourth-order valence-electron chi connectivity index (χ4n) is 3.16. The number of alkyl halides is 2. The summed E-state index contributed by atoms with van der Waals surface area (Å²) in [6, 6.07) is 44.3. The van der Waals surface area contributed by atoms with E-state index in [0.717, 1.165) is 0 Å². The topological polar surface area (TPSA) is 0 Å². The Hall–Kier alpha value is -0.861. The van der Waals surface area contributed by atoms with Gasteiger partial charge >= 0.3 is 162 Å². The van der Waals surface area contributed by atoms with Gasteiger partial charge in [-0.3, -0.25) is 0 Å². The Kier molecular flexibility index (Phi) is 11.5. The van der Waals surface area contributed by atoms with Gasteiger partial charge in [0.1, 0.15) is 0 Å². The number of rotatable bonds is 5. The molecule has 0 atom stereocenters. The summed E-state index contributed by atoms with van der Waals surface area (Å²) >= 11 is 9.83. The zero-order valence-electron chi connectivity index (χ0n) is 16.2. The van der Waals surface area contributed by atoms with E-state index in [4.69, 9.17) is 23.2 Å².